The van der Waals surface area contributed by atoms with Gasteiger partial charge in [0.05, 0.1) is 0 Å². The molecular formula is C14H11BrClFO. The van der Waals surface area contributed by atoms with Gasteiger partial charge in [0, 0.05) is 15.9 Å². The molecule has 0 N–H and O–H groups in total. The molecule has 0 aliphatic rings. The van der Waals surface area contributed by atoms with Gasteiger partial charge in [-0.1, -0.05) is 27.5 Å². The van der Waals surface area contributed by atoms with Gasteiger partial charge in [-0.3, -0.25) is 0 Å². The van der Waals surface area contributed by atoms with E-state index < -0.39 is 0 Å². The molecule has 0 fully saturated rings. The van der Waals surface area contributed by atoms with Crippen molar-refractivity contribution in [3.05, 3.63) is 58.4 Å². The SMILES string of the molecule is Cc1cc(Cl)ccc1Oc1ccc(F)cc1CBr. The minimum absolute atomic E-state index is 0.273. The quantitative estimate of drug-likeness (QED) is 0.678. The summed E-state index contributed by atoms with van der Waals surface area (Å²) < 4.78 is 18.9. The Morgan fingerprint density at radius 1 is 1.17 bits per heavy atom. The zero-order chi connectivity index (χ0) is 13.1. The predicted molar refractivity (Wildman–Crippen MR) is 75.3 cm³/mol. The molecule has 0 aromatic heterocycles. The van der Waals surface area contributed by atoms with Crippen molar-refractivity contribution in [3.63, 3.8) is 0 Å². The highest BCUT2D eigenvalue weighted by atomic mass is 79.9. The minimum Gasteiger partial charge on any atom is -0.457 e. The lowest BCUT2D eigenvalue weighted by molar-refractivity contribution is 0.472. The van der Waals surface area contributed by atoms with Gasteiger partial charge in [-0.25, -0.2) is 4.39 Å². The molecule has 0 saturated carbocycles. The molecule has 2 aromatic carbocycles. The second-order valence-corrected chi connectivity index (χ2v) is 4.89. The highest BCUT2D eigenvalue weighted by molar-refractivity contribution is 9.08. The first-order valence-electron chi connectivity index (χ1n) is 5.38. The standard InChI is InChI=1S/C14H11BrClFO/c1-9-6-11(16)2-4-13(9)18-14-5-3-12(17)7-10(14)8-15/h2-7H,8H2,1H3. The number of halogens is 3. The normalized spacial score (nSPS) is 10.4. The van der Waals surface area contributed by atoms with Gasteiger partial charge in [-0.15, -0.1) is 0 Å². The Hall–Kier alpha value is -1.06. The maximum absolute atomic E-state index is 13.1. The Kier molecular flexibility index (Phi) is 4.25. The van der Waals surface area contributed by atoms with E-state index in [1.165, 1.54) is 12.1 Å². The molecule has 0 aliphatic carbocycles. The van der Waals surface area contributed by atoms with Crippen molar-refractivity contribution in [1.29, 1.82) is 0 Å². The molecule has 0 atom stereocenters. The first kappa shape index (κ1) is 13.4. The Morgan fingerprint density at radius 2 is 1.89 bits per heavy atom. The summed E-state index contributed by atoms with van der Waals surface area (Å²) in [6.07, 6.45) is 0. The van der Waals surface area contributed by atoms with Crippen molar-refractivity contribution < 1.29 is 9.13 Å². The molecule has 18 heavy (non-hydrogen) atoms. The monoisotopic (exact) mass is 328 g/mol. The van der Waals surface area contributed by atoms with Crippen LogP contribution < -0.4 is 4.74 Å². The smallest absolute Gasteiger partial charge is 0.131 e. The van der Waals surface area contributed by atoms with Crippen molar-refractivity contribution in [2.45, 2.75) is 12.3 Å². The van der Waals surface area contributed by atoms with Gasteiger partial charge < -0.3 is 4.74 Å². The summed E-state index contributed by atoms with van der Waals surface area (Å²) in [7, 11) is 0. The average Bonchev–Trinajstić information content (AvgIpc) is 2.34. The average molecular weight is 330 g/mol. The van der Waals surface area contributed by atoms with E-state index in [1.807, 2.05) is 13.0 Å². The second-order valence-electron chi connectivity index (χ2n) is 3.90. The molecule has 0 amide bonds. The first-order valence-corrected chi connectivity index (χ1v) is 6.88. The summed E-state index contributed by atoms with van der Waals surface area (Å²) >= 11 is 9.20. The Bertz CT molecular complexity index is 572. The summed E-state index contributed by atoms with van der Waals surface area (Å²) in [6.45, 7) is 1.92. The van der Waals surface area contributed by atoms with E-state index >= 15 is 0 Å². The number of aryl methyl sites for hydroxylation is 1. The lowest BCUT2D eigenvalue weighted by Gasteiger charge is -2.12. The molecule has 0 unspecified atom stereocenters. The third kappa shape index (κ3) is 3.03. The topological polar surface area (TPSA) is 9.23 Å². The fourth-order valence-corrected chi connectivity index (χ4v) is 2.26. The first-order chi connectivity index (χ1) is 8.60. The van der Waals surface area contributed by atoms with Gasteiger partial charge >= 0.3 is 0 Å². The molecule has 4 heteroatoms. The molecule has 0 bridgehead atoms. The van der Waals surface area contributed by atoms with Gasteiger partial charge in [-0.05, 0) is 48.9 Å². The zero-order valence-electron chi connectivity index (χ0n) is 9.71. The number of hydrogen-bond acceptors (Lipinski definition) is 1. The van der Waals surface area contributed by atoms with E-state index in [4.69, 9.17) is 16.3 Å². The van der Waals surface area contributed by atoms with Crippen LogP contribution in [0.1, 0.15) is 11.1 Å². The molecule has 0 saturated heterocycles. The number of alkyl halides is 1. The largest absolute Gasteiger partial charge is 0.457 e. The van der Waals surface area contributed by atoms with Crippen LogP contribution in [0.25, 0.3) is 0 Å². The van der Waals surface area contributed by atoms with E-state index in [-0.39, 0.29) is 5.82 Å². The molecule has 0 radical (unpaired) electrons. The fraction of sp³-hybridized carbons (Fsp3) is 0.143. The van der Waals surface area contributed by atoms with Gasteiger partial charge in [-0.2, -0.15) is 0 Å². The molecular weight excluding hydrogens is 319 g/mol. The summed E-state index contributed by atoms with van der Waals surface area (Å²) in [6, 6.07) is 9.86. The lowest BCUT2D eigenvalue weighted by atomic mass is 10.2. The summed E-state index contributed by atoms with van der Waals surface area (Å²) in [4.78, 5) is 0. The second kappa shape index (κ2) is 5.72. The summed E-state index contributed by atoms with van der Waals surface area (Å²) in [5, 5.41) is 1.20. The highest BCUT2D eigenvalue weighted by Gasteiger charge is 2.07. The Morgan fingerprint density at radius 3 is 2.56 bits per heavy atom. The number of ether oxygens (including phenoxy) is 1. The third-order valence-corrected chi connectivity index (χ3v) is 3.36. The molecule has 1 nitrogen and oxygen atoms in total. The van der Waals surface area contributed by atoms with Crippen LogP contribution >= 0.6 is 27.5 Å². The maximum atomic E-state index is 13.1. The molecule has 94 valence electrons. The van der Waals surface area contributed by atoms with Crippen molar-refractivity contribution in [1.82, 2.24) is 0 Å². The zero-order valence-corrected chi connectivity index (χ0v) is 12.1. The van der Waals surface area contributed by atoms with Crippen molar-refractivity contribution >= 4 is 27.5 Å². The van der Waals surface area contributed by atoms with Crippen LogP contribution in [-0.4, -0.2) is 0 Å². The highest BCUT2D eigenvalue weighted by Crippen LogP contribution is 2.30. The van der Waals surface area contributed by atoms with Crippen LogP contribution in [0.4, 0.5) is 4.39 Å². The molecule has 2 rings (SSSR count). The van der Waals surface area contributed by atoms with Crippen molar-refractivity contribution in [2.75, 3.05) is 0 Å². The maximum Gasteiger partial charge on any atom is 0.131 e. The number of rotatable bonds is 3. The van der Waals surface area contributed by atoms with Crippen LogP contribution in [0.15, 0.2) is 36.4 Å². The summed E-state index contributed by atoms with van der Waals surface area (Å²) in [5.41, 5.74) is 1.71. The van der Waals surface area contributed by atoms with Crippen LogP contribution in [0, 0.1) is 12.7 Å². The Labute approximate surface area is 119 Å². The summed E-state index contributed by atoms with van der Waals surface area (Å²) in [5.74, 6) is 1.08. The van der Waals surface area contributed by atoms with Gasteiger partial charge in [0.15, 0.2) is 0 Å². The van der Waals surface area contributed by atoms with E-state index in [9.17, 15) is 4.39 Å². The molecule has 0 spiro atoms. The van der Waals surface area contributed by atoms with Crippen LogP contribution in [-0.2, 0) is 5.33 Å². The van der Waals surface area contributed by atoms with Crippen LogP contribution in [0.2, 0.25) is 5.02 Å². The predicted octanol–water partition coefficient (Wildman–Crippen LogP) is 5.47. The minimum atomic E-state index is -0.273. The van der Waals surface area contributed by atoms with E-state index in [2.05, 4.69) is 15.9 Å². The van der Waals surface area contributed by atoms with E-state index in [0.717, 1.165) is 11.1 Å². The van der Waals surface area contributed by atoms with Crippen LogP contribution in [0.5, 0.6) is 11.5 Å². The molecule has 2 aromatic rings. The van der Waals surface area contributed by atoms with E-state index in [1.54, 1.807) is 18.2 Å². The molecule has 0 aliphatic heterocycles. The third-order valence-electron chi connectivity index (χ3n) is 2.52. The van der Waals surface area contributed by atoms with Gasteiger partial charge in [0.2, 0.25) is 0 Å². The van der Waals surface area contributed by atoms with Crippen molar-refractivity contribution in [3.8, 4) is 11.5 Å². The Balaban J connectivity index is 2.33. The molecule has 0 heterocycles. The number of hydrogen-bond donors (Lipinski definition) is 0. The van der Waals surface area contributed by atoms with Gasteiger partial charge in [0.1, 0.15) is 17.3 Å². The van der Waals surface area contributed by atoms with Gasteiger partial charge in [0.25, 0.3) is 0 Å². The van der Waals surface area contributed by atoms with E-state index in [0.29, 0.717) is 21.9 Å². The number of benzene rings is 2. The fourth-order valence-electron chi connectivity index (χ4n) is 1.60. The van der Waals surface area contributed by atoms with Crippen molar-refractivity contribution in [2.24, 2.45) is 0 Å². The van der Waals surface area contributed by atoms with Crippen LogP contribution in [0.3, 0.4) is 0 Å². The lowest BCUT2D eigenvalue weighted by Crippen LogP contribution is -1.92.